The van der Waals surface area contributed by atoms with Gasteiger partial charge in [-0.25, -0.2) is 9.78 Å². The lowest BCUT2D eigenvalue weighted by Crippen LogP contribution is -2.55. The third-order valence-electron chi connectivity index (χ3n) is 7.90. The van der Waals surface area contributed by atoms with Gasteiger partial charge in [0, 0.05) is 41.6 Å². The number of likely N-dealkylation sites (tertiary alicyclic amines) is 1. The van der Waals surface area contributed by atoms with E-state index in [1.807, 2.05) is 57.2 Å². The summed E-state index contributed by atoms with van der Waals surface area (Å²) >= 11 is 1.30. The highest BCUT2D eigenvalue weighted by Crippen LogP contribution is 2.54. The summed E-state index contributed by atoms with van der Waals surface area (Å²) in [5.74, 6) is -2.76. The second-order valence-corrected chi connectivity index (χ2v) is 12.7. The molecule has 11 heteroatoms. The molecule has 1 fully saturated rings. The molecule has 0 bridgehead atoms. The van der Waals surface area contributed by atoms with E-state index in [0.717, 1.165) is 11.1 Å². The van der Waals surface area contributed by atoms with Crippen molar-refractivity contribution in [3.05, 3.63) is 106 Å². The van der Waals surface area contributed by atoms with Crippen LogP contribution in [-0.4, -0.2) is 55.5 Å². The van der Waals surface area contributed by atoms with Crippen molar-refractivity contribution in [3.63, 3.8) is 0 Å². The quantitative estimate of drug-likeness (QED) is 0.240. The van der Waals surface area contributed by atoms with E-state index in [1.165, 1.54) is 35.7 Å². The van der Waals surface area contributed by atoms with Gasteiger partial charge in [-0.3, -0.25) is 19.6 Å². The van der Waals surface area contributed by atoms with E-state index in [2.05, 4.69) is 15.0 Å². The Kier molecular flexibility index (Phi) is 8.78. The van der Waals surface area contributed by atoms with E-state index in [1.54, 1.807) is 29.9 Å². The van der Waals surface area contributed by atoms with Crippen molar-refractivity contribution in [2.45, 2.75) is 63.1 Å². The summed E-state index contributed by atoms with van der Waals surface area (Å²) in [6.07, 6.45) is 5.53. The third kappa shape index (κ3) is 6.05. The number of carboxylic acid groups (broad SMARTS) is 1. The minimum Gasteiger partial charge on any atom is -0.496 e. The van der Waals surface area contributed by atoms with Crippen molar-refractivity contribution in [1.82, 2.24) is 19.9 Å². The van der Waals surface area contributed by atoms with Crippen molar-refractivity contribution >= 4 is 29.2 Å². The van der Waals surface area contributed by atoms with Crippen LogP contribution in [0.5, 0.6) is 5.75 Å². The van der Waals surface area contributed by atoms with Gasteiger partial charge in [0.2, 0.25) is 0 Å². The zero-order valence-corrected chi connectivity index (χ0v) is 25.8. The largest absolute Gasteiger partial charge is 0.496 e. The number of aliphatic carboxylic acids is 1. The molecule has 0 saturated carbocycles. The number of rotatable bonds is 9. The lowest BCUT2D eigenvalue weighted by Gasteiger charge is -2.37. The summed E-state index contributed by atoms with van der Waals surface area (Å²) in [6.45, 7) is 6.08. The SMILES string of the molecule is COc1cc(C(=O)N2[C@@H](c3nccs3)[C@@H](c3cnccn3)C[C@]2(CC(=O)OCc2ccccc2)C(=O)O)ccc1C(C)(C)C. The summed E-state index contributed by atoms with van der Waals surface area (Å²) in [5, 5.41) is 13.2. The molecule has 1 saturated heterocycles. The van der Waals surface area contributed by atoms with Crippen LogP contribution in [0.3, 0.4) is 0 Å². The Morgan fingerprint density at radius 2 is 1.84 bits per heavy atom. The van der Waals surface area contributed by atoms with Gasteiger partial charge in [0.25, 0.3) is 5.91 Å². The Labute approximate surface area is 259 Å². The molecule has 4 aromatic rings. The molecule has 1 aliphatic rings. The van der Waals surface area contributed by atoms with Gasteiger partial charge in [-0.1, -0.05) is 57.2 Å². The van der Waals surface area contributed by atoms with Crippen LogP contribution in [0.15, 0.2) is 78.7 Å². The zero-order valence-electron chi connectivity index (χ0n) is 25.0. The number of methoxy groups -OCH3 is 1. The maximum absolute atomic E-state index is 14.6. The average Bonchev–Trinajstić information content (AvgIpc) is 3.67. The Morgan fingerprint density at radius 1 is 1.07 bits per heavy atom. The fourth-order valence-corrected chi connectivity index (χ4v) is 6.60. The van der Waals surface area contributed by atoms with Gasteiger partial charge < -0.3 is 19.5 Å². The number of hydrogen-bond acceptors (Lipinski definition) is 9. The predicted molar refractivity (Wildman–Crippen MR) is 163 cm³/mol. The molecule has 0 aliphatic carbocycles. The molecular weight excluding hydrogens is 580 g/mol. The van der Waals surface area contributed by atoms with Crippen LogP contribution in [-0.2, 0) is 26.3 Å². The molecule has 3 heterocycles. The van der Waals surface area contributed by atoms with Gasteiger partial charge in [0.05, 0.1) is 25.3 Å². The second-order valence-electron chi connectivity index (χ2n) is 11.8. The predicted octanol–water partition coefficient (Wildman–Crippen LogP) is 5.57. The highest BCUT2D eigenvalue weighted by atomic mass is 32.1. The molecule has 10 nitrogen and oxygen atoms in total. The fourth-order valence-electron chi connectivity index (χ4n) is 5.81. The second kappa shape index (κ2) is 12.5. The number of thiazole rings is 1. The van der Waals surface area contributed by atoms with Crippen LogP contribution in [0, 0.1) is 0 Å². The minimum absolute atomic E-state index is 0.0295. The van der Waals surface area contributed by atoms with Crippen molar-refractivity contribution < 1.29 is 29.0 Å². The van der Waals surface area contributed by atoms with Crippen LogP contribution in [0.2, 0.25) is 0 Å². The van der Waals surface area contributed by atoms with Crippen LogP contribution in [0.1, 0.15) is 77.8 Å². The number of nitrogens with zero attached hydrogens (tertiary/aromatic N) is 4. The van der Waals surface area contributed by atoms with E-state index < -0.39 is 41.8 Å². The molecule has 44 heavy (non-hydrogen) atoms. The number of aromatic nitrogens is 3. The van der Waals surface area contributed by atoms with Crippen LogP contribution >= 0.6 is 11.3 Å². The Bertz CT molecular complexity index is 1630. The van der Waals surface area contributed by atoms with Crippen molar-refractivity contribution in [1.29, 1.82) is 0 Å². The molecule has 2 aromatic carbocycles. The lowest BCUT2D eigenvalue weighted by molar-refractivity contribution is -0.158. The smallest absolute Gasteiger partial charge is 0.330 e. The number of hydrogen-bond donors (Lipinski definition) is 1. The average molecular weight is 615 g/mol. The van der Waals surface area contributed by atoms with E-state index in [4.69, 9.17) is 9.47 Å². The van der Waals surface area contributed by atoms with Crippen LogP contribution in [0.4, 0.5) is 0 Å². The molecule has 0 spiro atoms. The topological polar surface area (TPSA) is 132 Å². The molecule has 0 unspecified atom stereocenters. The number of carbonyl (C=O) groups is 3. The summed E-state index contributed by atoms with van der Waals surface area (Å²) in [4.78, 5) is 55.9. The minimum atomic E-state index is -1.97. The normalized spacial score (nSPS) is 19.9. The van der Waals surface area contributed by atoms with Crippen molar-refractivity contribution in [2.75, 3.05) is 7.11 Å². The first-order valence-corrected chi connectivity index (χ1v) is 15.0. The summed E-state index contributed by atoms with van der Waals surface area (Å²) in [7, 11) is 1.53. The summed E-state index contributed by atoms with van der Waals surface area (Å²) in [6, 6.07) is 13.4. The highest BCUT2D eigenvalue weighted by molar-refractivity contribution is 7.09. The standard InChI is InChI=1S/C33H34N4O6S/c1-32(2,3)24-11-10-22(16-26(24)42-4)30(39)37-28(29-36-14-15-44-29)23(25-19-34-12-13-35-25)17-33(37,31(40)41)18-27(38)43-20-21-8-6-5-7-9-21/h5-16,19,23,28H,17-18,20H2,1-4H3,(H,40,41)/t23-,28-,33+/m1/s1. The number of amides is 1. The van der Waals surface area contributed by atoms with E-state index in [-0.39, 0.29) is 24.0 Å². The molecule has 5 rings (SSSR count). The van der Waals surface area contributed by atoms with Crippen molar-refractivity contribution in [3.8, 4) is 5.75 Å². The molecule has 2 aromatic heterocycles. The van der Waals surface area contributed by atoms with Gasteiger partial charge >= 0.3 is 11.9 Å². The third-order valence-corrected chi connectivity index (χ3v) is 8.74. The monoisotopic (exact) mass is 614 g/mol. The molecule has 228 valence electrons. The number of benzene rings is 2. The van der Waals surface area contributed by atoms with Gasteiger partial charge in [0.1, 0.15) is 17.4 Å². The van der Waals surface area contributed by atoms with Gasteiger partial charge in [0.15, 0.2) is 5.54 Å². The number of ether oxygens (including phenoxy) is 2. The first-order chi connectivity index (χ1) is 21.0. The fraction of sp³-hybridized carbons (Fsp3) is 0.333. The van der Waals surface area contributed by atoms with Gasteiger partial charge in [-0.05, 0) is 35.1 Å². The Balaban J connectivity index is 1.62. The Morgan fingerprint density at radius 3 is 2.45 bits per heavy atom. The number of esters is 1. The van der Waals surface area contributed by atoms with Gasteiger partial charge in [-0.15, -0.1) is 11.3 Å². The maximum Gasteiger partial charge on any atom is 0.330 e. The zero-order chi connectivity index (χ0) is 31.5. The molecule has 1 amide bonds. The highest BCUT2D eigenvalue weighted by Gasteiger charge is 2.61. The van der Waals surface area contributed by atoms with E-state index in [0.29, 0.717) is 16.5 Å². The first-order valence-electron chi connectivity index (χ1n) is 14.2. The molecule has 0 radical (unpaired) electrons. The van der Waals surface area contributed by atoms with E-state index in [9.17, 15) is 19.5 Å². The molecule has 1 aliphatic heterocycles. The Hall–Kier alpha value is -4.64. The summed E-state index contributed by atoms with van der Waals surface area (Å²) in [5.41, 5.74) is 0.120. The van der Waals surface area contributed by atoms with Crippen LogP contribution in [0.25, 0.3) is 0 Å². The first kappa shape index (κ1) is 30.8. The lowest BCUT2D eigenvalue weighted by atomic mass is 9.85. The van der Waals surface area contributed by atoms with E-state index >= 15 is 0 Å². The number of carboxylic acids is 1. The van der Waals surface area contributed by atoms with Crippen LogP contribution < -0.4 is 4.74 Å². The van der Waals surface area contributed by atoms with Crippen molar-refractivity contribution in [2.24, 2.45) is 0 Å². The van der Waals surface area contributed by atoms with Gasteiger partial charge in [-0.2, -0.15) is 0 Å². The number of carbonyl (C=O) groups excluding carboxylic acids is 2. The summed E-state index contributed by atoms with van der Waals surface area (Å²) < 4.78 is 11.2. The maximum atomic E-state index is 14.6. The molecule has 1 N–H and O–H groups in total. The molecule has 3 atom stereocenters. The molecular formula is C33H34N4O6S.